The summed E-state index contributed by atoms with van der Waals surface area (Å²) in [6, 6.07) is 12.0. The molecule has 0 unspecified atom stereocenters. The van der Waals surface area contributed by atoms with Crippen LogP contribution in [-0.4, -0.2) is 34.2 Å². The van der Waals surface area contributed by atoms with Crippen LogP contribution in [0.2, 0.25) is 0 Å². The van der Waals surface area contributed by atoms with Crippen LogP contribution in [0.25, 0.3) is 15.9 Å². The number of hydrogen-bond acceptors (Lipinski definition) is 4. The van der Waals surface area contributed by atoms with Crippen molar-refractivity contribution in [3.05, 3.63) is 59.7 Å². The van der Waals surface area contributed by atoms with Crippen LogP contribution in [0.5, 0.6) is 0 Å². The molecule has 1 aliphatic carbocycles. The molecule has 2 fully saturated rings. The smallest absolute Gasteiger partial charge is 0.206 e. The van der Waals surface area contributed by atoms with Gasteiger partial charge in [0, 0.05) is 24.7 Å². The van der Waals surface area contributed by atoms with Crippen LogP contribution in [0.15, 0.2) is 42.6 Å². The van der Waals surface area contributed by atoms with Gasteiger partial charge in [-0.2, -0.15) is 0 Å². The van der Waals surface area contributed by atoms with Crippen molar-refractivity contribution in [1.29, 1.82) is 0 Å². The van der Waals surface area contributed by atoms with Gasteiger partial charge in [-0.3, -0.25) is 4.98 Å². The van der Waals surface area contributed by atoms with Crippen molar-refractivity contribution in [2.24, 2.45) is 17.1 Å². The normalized spacial score (nSPS) is 23.8. The van der Waals surface area contributed by atoms with E-state index < -0.39 is 0 Å². The largest absolute Gasteiger partial charge is 0.341 e. The third-order valence-corrected chi connectivity index (χ3v) is 5.89. The summed E-state index contributed by atoms with van der Waals surface area (Å²) in [5.41, 5.74) is 9.94. The summed E-state index contributed by atoms with van der Waals surface area (Å²) in [5, 5.41) is 0. The van der Waals surface area contributed by atoms with E-state index >= 15 is 0 Å². The summed E-state index contributed by atoms with van der Waals surface area (Å²) >= 11 is 0. The minimum Gasteiger partial charge on any atom is -0.341 e. The Labute approximate surface area is 152 Å². The number of nitrogens with two attached hydrogens (primary N) is 1. The van der Waals surface area contributed by atoms with Gasteiger partial charge in [0.15, 0.2) is 0 Å². The Morgan fingerprint density at radius 3 is 2.88 bits per heavy atom. The highest BCUT2D eigenvalue weighted by Crippen LogP contribution is 2.57. The second kappa shape index (κ2) is 5.55. The van der Waals surface area contributed by atoms with Gasteiger partial charge in [0.05, 0.1) is 29.8 Å². The van der Waals surface area contributed by atoms with E-state index in [4.69, 9.17) is 17.3 Å². The molecule has 1 aliphatic heterocycles. The molecule has 0 radical (unpaired) electrons. The number of para-hydroxylation sites is 2. The number of pyridine rings is 1. The molecule has 130 valence electrons. The molecule has 1 aromatic carbocycles. The highest BCUT2D eigenvalue weighted by molar-refractivity contribution is 5.79. The third kappa shape index (κ3) is 2.28. The number of aromatic nitrogens is 3. The number of rotatable bonds is 4. The first-order valence-corrected chi connectivity index (χ1v) is 8.95. The van der Waals surface area contributed by atoms with E-state index in [0.29, 0.717) is 23.6 Å². The van der Waals surface area contributed by atoms with E-state index in [2.05, 4.69) is 31.4 Å². The first kappa shape index (κ1) is 15.4. The molecule has 5 rings (SSSR count). The van der Waals surface area contributed by atoms with E-state index in [9.17, 15) is 0 Å². The highest BCUT2D eigenvalue weighted by atomic mass is 15.3. The number of piperidine rings is 1. The lowest BCUT2D eigenvalue weighted by molar-refractivity contribution is 0.540. The molecule has 0 spiro atoms. The fourth-order valence-corrected chi connectivity index (χ4v) is 4.26. The average molecular weight is 344 g/mol. The fraction of sp³-hybridized carbons (Fsp3) is 0.350. The van der Waals surface area contributed by atoms with Gasteiger partial charge in [0.2, 0.25) is 11.6 Å². The average Bonchev–Trinajstić information content (AvgIpc) is 3.07. The molecule has 1 saturated carbocycles. The molecule has 0 amide bonds. The molecular formula is C20H20N6. The van der Waals surface area contributed by atoms with E-state index in [1.54, 1.807) is 6.20 Å². The molecule has 2 aliphatic rings. The molecule has 6 nitrogen and oxygen atoms in total. The Kier molecular flexibility index (Phi) is 3.28. The lowest BCUT2D eigenvalue weighted by Gasteiger charge is -2.22. The van der Waals surface area contributed by atoms with E-state index in [-0.39, 0.29) is 0 Å². The molecule has 2 N–H and O–H groups in total. The summed E-state index contributed by atoms with van der Waals surface area (Å²) in [5.74, 6) is 1.71. The van der Waals surface area contributed by atoms with Crippen molar-refractivity contribution in [1.82, 2.24) is 14.5 Å². The second-order valence-electron chi connectivity index (χ2n) is 7.45. The predicted molar refractivity (Wildman–Crippen MR) is 101 cm³/mol. The minimum atomic E-state index is 0.304. The molecule has 2 atom stereocenters. The van der Waals surface area contributed by atoms with Gasteiger partial charge in [-0.1, -0.05) is 18.2 Å². The summed E-state index contributed by atoms with van der Waals surface area (Å²) in [4.78, 5) is 15.2. The monoisotopic (exact) mass is 344 g/mol. The minimum absolute atomic E-state index is 0.304. The van der Waals surface area contributed by atoms with Gasteiger partial charge in [-0.15, -0.1) is 0 Å². The lowest BCUT2D eigenvalue weighted by Crippen LogP contribution is -2.30. The molecule has 3 aromatic rings. The van der Waals surface area contributed by atoms with Gasteiger partial charge in [0.1, 0.15) is 0 Å². The van der Waals surface area contributed by atoms with Crippen molar-refractivity contribution in [3.63, 3.8) is 0 Å². The van der Waals surface area contributed by atoms with Crippen LogP contribution in [-0.2, 0) is 6.54 Å². The van der Waals surface area contributed by atoms with Gasteiger partial charge >= 0.3 is 0 Å². The zero-order valence-electron chi connectivity index (χ0n) is 14.5. The van der Waals surface area contributed by atoms with Crippen molar-refractivity contribution in [2.45, 2.75) is 13.0 Å². The van der Waals surface area contributed by atoms with Crippen LogP contribution in [0.1, 0.15) is 12.1 Å². The number of nitrogens with zero attached hydrogens (tertiary/aromatic N) is 5. The molecular weight excluding hydrogens is 324 g/mol. The van der Waals surface area contributed by atoms with Crippen molar-refractivity contribution < 1.29 is 0 Å². The van der Waals surface area contributed by atoms with Crippen molar-refractivity contribution in [2.75, 3.05) is 24.5 Å². The van der Waals surface area contributed by atoms with Crippen LogP contribution >= 0.6 is 0 Å². The van der Waals surface area contributed by atoms with Gasteiger partial charge < -0.3 is 15.2 Å². The molecule has 26 heavy (non-hydrogen) atoms. The Morgan fingerprint density at radius 1 is 1.27 bits per heavy atom. The highest BCUT2D eigenvalue weighted by Gasteiger charge is 2.59. The number of anilines is 1. The lowest BCUT2D eigenvalue weighted by atomic mass is 10.1. The van der Waals surface area contributed by atoms with Crippen molar-refractivity contribution >= 4 is 22.7 Å². The standard InChI is InChI=1S/C20H20N6/c1-22-15-6-7-16(23-9-15)11-26-18-5-3-2-4-17(18)24-19(26)25-10-14-8-20(14,12-21)13-25/h2-7,9,14H,8,10-13,21H2/t14-,20-/m1/s1. The maximum Gasteiger partial charge on any atom is 0.206 e. The maximum atomic E-state index is 7.08. The first-order chi connectivity index (χ1) is 12.7. The topological polar surface area (TPSA) is 64.3 Å². The Bertz CT molecular complexity index is 1010. The number of benzene rings is 1. The zero-order chi connectivity index (χ0) is 17.7. The molecule has 1 saturated heterocycles. The van der Waals surface area contributed by atoms with Crippen LogP contribution < -0.4 is 10.6 Å². The van der Waals surface area contributed by atoms with E-state index in [1.165, 1.54) is 6.42 Å². The van der Waals surface area contributed by atoms with Crippen LogP contribution in [0, 0.1) is 17.9 Å². The zero-order valence-corrected chi connectivity index (χ0v) is 14.5. The SMILES string of the molecule is [C-]#[N+]c1ccc(Cn2c(N3C[C@H]4C[C@@]4(CN)C3)nc3ccccc32)nc1. The maximum absolute atomic E-state index is 7.08. The van der Waals surface area contributed by atoms with E-state index in [1.807, 2.05) is 24.3 Å². The Morgan fingerprint density at radius 2 is 2.15 bits per heavy atom. The molecule has 2 aromatic heterocycles. The quantitative estimate of drug-likeness (QED) is 0.739. The summed E-state index contributed by atoms with van der Waals surface area (Å²) in [6.07, 6.45) is 2.88. The summed E-state index contributed by atoms with van der Waals surface area (Å²) < 4.78 is 2.24. The Hall–Kier alpha value is -2.91. The molecule has 6 heteroatoms. The van der Waals surface area contributed by atoms with Gasteiger partial charge in [0.25, 0.3) is 0 Å². The number of fused-ring (bicyclic) bond motifs is 2. The predicted octanol–water partition coefficient (Wildman–Crippen LogP) is 2.82. The number of hydrogen-bond donors (Lipinski definition) is 1. The van der Waals surface area contributed by atoms with Crippen LogP contribution in [0.3, 0.4) is 0 Å². The van der Waals surface area contributed by atoms with Gasteiger partial charge in [-0.25, -0.2) is 9.83 Å². The van der Waals surface area contributed by atoms with Crippen molar-refractivity contribution in [3.8, 4) is 0 Å². The fourth-order valence-electron chi connectivity index (χ4n) is 4.26. The molecule has 0 bridgehead atoms. The van der Waals surface area contributed by atoms with Gasteiger partial charge in [-0.05, 0) is 37.1 Å². The Balaban J connectivity index is 1.54. The number of imidazole rings is 1. The summed E-state index contributed by atoms with van der Waals surface area (Å²) in [6.45, 7) is 10.5. The van der Waals surface area contributed by atoms with Crippen LogP contribution in [0.4, 0.5) is 11.6 Å². The molecule has 3 heterocycles. The first-order valence-electron chi connectivity index (χ1n) is 8.95. The third-order valence-electron chi connectivity index (χ3n) is 5.89. The second-order valence-corrected chi connectivity index (χ2v) is 7.45. The van der Waals surface area contributed by atoms with E-state index in [0.717, 1.165) is 42.3 Å². The summed E-state index contributed by atoms with van der Waals surface area (Å²) in [7, 11) is 0.